The summed E-state index contributed by atoms with van der Waals surface area (Å²) in [6.45, 7) is 10.4. The average molecular weight is 377 g/mol. The second kappa shape index (κ2) is 7.63. The Morgan fingerprint density at radius 2 is 1.79 bits per heavy atom. The molecule has 0 fully saturated rings. The SMILES string of the molecule is C=CC(C)(C)C1(CC(=O)OCC)C(=O)N(Cc2ccccc2)c2ccccc21. The number of esters is 1. The van der Waals surface area contributed by atoms with Gasteiger partial charge < -0.3 is 9.64 Å². The lowest BCUT2D eigenvalue weighted by Crippen LogP contribution is -2.50. The van der Waals surface area contributed by atoms with E-state index in [0.29, 0.717) is 6.54 Å². The molecule has 0 spiro atoms. The first-order chi connectivity index (χ1) is 13.4. The zero-order valence-corrected chi connectivity index (χ0v) is 16.8. The Hall–Kier alpha value is -2.88. The van der Waals surface area contributed by atoms with Gasteiger partial charge in [0, 0.05) is 11.1 Å². The highest BCUT2D eigenvalue weighted by Gasteiger charge is 2.59. The van der Waals surface area contributed by atoms with Crippen LogP contribution in [0.3, 0.4) is 0 Å². The normalized spacial score (nSPS) is 18.7. The number of hydrogen-bond donors (Lipinski definition) is 0. The summed E-state index contributed by atoms with van der Waals surface area (Å²) in [6.07, 6.45) is 1.76. The van der Waals surface area contributed by atoms with Gasteiger partial charge in [0.1, 0.15) is 0 Å². The number of hydrogen-bond acceptors (Lipinski definition) is 3. The number of para-hydroxylation sites is 1. The second-order valence-electron chi connectivity index (χ2n) is 7.71. The first-order valence-corrected chi connectivity index (χ1v) is 9.62. The average Bonchev–Trinajstić information content (AvgIpc) is 2.93. The van der Waals surface area contributed by atoms with Crippen molar-refractivity contribution in [1.29, 1.82) is 0 Å². The third-order valence-electron chi connectivity index (χ3n) is 5.77. The molecule has 0 saturated heterocycles. The zero-order chi connectivity index (χ0) is 20.4. The predicted molar refractivity (Wildman–Crippen MR) is 111 cm³/mol. The molecule has 1 aliphatic heterocycles. The van der Waals surface area contributed by atoms with Crippen LogP contribution in [0.25, 0.3) is 0 Å². The van der Waals surface area contributed by atoms with E-state index >= 15 is 0 Å². The summed E-state index contributed by atoms with van der Waals surface area (Å²) in [5.41, 5.74) is 1.04. The van der Waals surface area contributed by atoms with Crippen LogP contribution in [0, 0.1) is 5.41 Å². The van der Waals surface area contributed by atoms with Crippen LogP contribution in [0.2, 0.25) is 0 Å². The van der Waals surface area contributed by atoms with Gasteiger partial charge >= 0.3 is 5.97 Å². The molecule has 1 atom stereocenters. The van der Waals surface area contributed by atoms with Crippen LogP contribution in [0.4, 0.5) is 5.69 Å². The summed E-state index contributed by atoms with van der Waals surface area (Å²) >= 11 is 0. The van der Waals surface area contributed by atoms with Crippen LogP contribution in [0.1, 0.15) is 38.3 Å². The molecule has 0 radical (unpaired) electrons. The van der Waals surface area contributed by atoms with Gasteiger partial charge in [-0.05, 0) is 24.1 Å². The summed E-state index contributed by atoms with van der Waals surface area (Å²) in [5, 5.41) is 0. The second-order valence-corrected chi connectivity index (χ2v) is 7.71. The molecule has 1 heterocycles. The summed E-state index contributed by atoms with van der Waals surface area (Å²) in [6, 6.07) is 17.6. The Labute approximate surface area is 166 Å². The number of ether oxygens (including phenoxy) is 1. The summed E-state index contributed by atoms with van der Waals surface area (Å²) < 4.78 is 5.24. The Kier molecular flexibility index (Phi) is 5.41. The van der Waals surface area contributed by atoms with Gasteiger partial charge in [-0.1, -0.05) is 68.5 Å². The van der Waals surface area contributed by atoms with Crippen molar-refractivity contribution < 1.29 is 14.3 Å². The molecule has 2 aromatic carbocycles. The molecule has 0 N–H and O–H groups in total. The van der Waals surface area contributed by atoms with E-state index in [1.165, 1.54) is 0 Å². The lowest BCUT2D eigenvalue weighted by molar-refractivity contribution is -0.148. The van der Waals surface area contributed by atoms with Crippen LogP contribution in [0.15, 0.2) is 67.3 Å². The number of rotatable bonds is 7. The van der Waals surface area contributed by atoms with E-state index in [2.05, 4.69) is 6.58 Å². The quantitative estimate of drug-likeness (QED) is 0.522. The number of anilines is 1. The Morgan fingerprint density at radius 1 is 1.14 bits per heavy atom. The van der Waals surface area contributed by atoms with Crippen molar-refractivity contribution in [2.45, 2.75) is 39.2 Å². The monoisotopic (exact) mass is 377 g/mol. The minimum Gasteiger partial charge on any atom is -0.466 e. The number of allylic oxidation sites excluding steroid dienone is 1. The minimum absolute atomic E-state index is 0.0129. The molecule has 4 nitrogen and oxygen atoms in total. The summed E-state index contributed by atoms with van der Waals surface area (Å²) in [7, 11) is 0. The van der Waals surface area contributed by atoms with Crippen LogP contribution in [-0.2, 0) is 26.3 Å². The molecule has 0 aromatic heterocycles. The molecule has 4 heteroatoms. The summed E-state index contributed by atoms with van der Waals surface area (Å²) in [4.78, 5) is 28.3. The van der Waals surface area contributed by atoms with Crippen LogP contribution in [-0.4, -0.2) is 18.5 Å². The van der Waals surface area contributed by atoms with Gasteiger partial charge in [0.2, 0.25) is 5.91 Å². The summed E-state index contributed by atoms with van der Waals surface area (Å²) in [5.74, 6) is -0.461. The topological polar surface area (TPSA) is 46.6 Å². The predicted octanol–water partition coefficient (Wildman–Crippen LogP) is 4.64. The van der Waals surface area contributed by atoms with E-state index in [0.717, 1.165) is 16.8 Å². The molecule has 1 unspecified atom stereocenters. The molecule has 146 valence electrons. The third-order valence-corrected chi connectivity index (χ3v) is 5.77. The van der Waals surface area contributed by atoms with Crippen molar-refractivity contribution >= 4 is 17.6 Å². The molecule has 0 saturated carbocycles. The fraction of sp³-hybridized carbons (Fsp3) is 0.333. The van der Waals surface area contributed by atoms with Gasteiger partial charge in [-0.15, -0.1) is 6.58 Å². The fourth-order valence-corrected chi connectivity index (χ4v) is 4.07. The Morgan fingerprint density at radius 3 is 2.43 bits per heavy atom. The smallest absolute Gasteiger partial charge is 0.307 e. The first-order valence-electron chi connectivity index (χ1n) is 9.62. The highest BCUT2D eigenvalue weighted by molar-refractivity contribution is 6.10. The van der Waals surface area contributed by atoms with E-state index < -0.39 is 10.8 Å². The van der Waals surface area contributed by atoms with Gasteiger partial charge in [-0.25, -0.2) is 0 Å². The van der Waals surface area contributed by atoms with Gasteiger partial charge in [-0.3, -0.25) is 9.59 Å². The lowest BCUT2D eigenvalue weighted by Gasteiger charge is -2.40. The maximum atomic E-state index is 13.9. The maximum Gasteiger partial charge on any atom is 0.307 e. The number of carbonyl (C=O) groups excluding carboxylic acids is 2. The van der Waals surface area contributed by atoms with Crippen molar-refractivity contribution in [2.24, 2.45) is 5.41 Å². The molecule has 1 amide bonds. The minimum atomic E-state index is -1.05. The molecule has 3 rings (SSSR count). The van der Waals surface area contributed by atoms with Gasteiger partial charge in [-0.2, -0.15) is 0 Å². The van der Waals surface area contributed by atoms with E-state index in [1.807, 2.05) is 68.4 Å². The van der Waals surface area contributed by atoms with Gasteiger partial charge in [0.25, 0.3) is 0 Å². The largest absolute Gasteiger partial charge is 0.466 e. The van der Waals surface area contributed by atoms with Crippen LogP contribution >= 0.6 is 0 Å². The number of carbonyl (C=O) groups is 2. The van der Waals surface area contributed by atoms with Crippen molar-refractivity contribution in [3.63, 3.8) is 0 Å². The fourth-order valence-electron chi connectivity index (χ4n) is 4.07. The zero-order valence-electron chi connectivity index (χ0n) is 16.8. The molecule has 2 aromatic rings. The third kappa shape index (κ3) is 3.13. The number of fused-ring (bicyclic) bond motifs is 1. The van der Waals surface area contributed by atoms with Crippen LogP contribution < -0.4 is 4.90 Å². The molecule has 1 aliphatic rings. The highest BCUT2D eigenvalue weighted by atomic mass is 16.5. The standard InChI is InChI=1S/C24H27NO3/c1-5-23(3,4)24(16-21(26)28-6-2)19-14-10-11-15-20(19)25(22(24)27)17-18-12-8-7-9-13-18/h5,7-15H,1,6,16-17H2,2-4H3. The molecular weight excluding hydrogens is 350 g/mol. The lowest BCUT2D eigenvalue weighted by atomic mass is 9.60. The molecular formula is C24H27NO3. The molecule has 0 bridgehead atoms. The van der Waals surface area contributed by atoms with Gasteiger partial charge in [0.15, 0.2) is 0 Å². The molecule has 0 aliphatic carbocycles. The first kappa shape index (κ1) is 19.9. The number of amides is 1. The Balaban J connectivity index is 2.15. The van der Waals surface area contributed by atoms with Gasteiger partial charge in [0.05, 0.1) is 25.0 Å². The van der Waals surface area contributed by atoms with E-state index in [9.17, 15) is 9.59 Å². The van der Waals surface area contributed by atoms with Crippen molar-refractivity contribution in [1.82, 2.24) is 0 Å². The van der Waals surface area contributed by atoms with Crippen molar-refractivity contribution in [3.8, 4) is 0 Å². The van der Waals surface area contributed by atoms with Crippen molar-refractivity contribution in [3.05, 3.63) is 78.4 Å². The van der Waals surface area contributed by atoms with E-state index in [4.69, 9.17) is 4.74 Å². The van der Waals surface area contributed by atoms with Crippen LogP contribution in [0.5, 0.6) is 0 Å². The molecule has 28 heavy (non-hydrogen) atoms. The number of nitrogens with zero attached hydrogens (tertiary/aromatic N) is 1. The van der Waals surface area contributed by atoms with E-state index in [-0.39, 0.29) is 24.9 Å². The van der Waals surface area contributed by atoms with Crippen molar-refractivity contribution in [2.75, 3.05) is 11.5 Å². The number of benzene rings is 2. The maximum absolute atomic E-state index is 13.9. The highest BCUT2D eigenvalue weighted by Crippen LogP contribution is 2.54. The van der Waals surface area contributed by atoms with E-state index in [1.54, 1.807) is 17.9 Å². The Bertz CT molecular complexity index is 888.